The predicted octanol–water partition coefficient (Wildman–Crippen LogP) is 4.13. The molecule has 178 valence electrons. The van der Waals surface area contributed by atoms with E-state index in [1.807, 2.05) is 92.7 Å². The van der Waals surface area contributed by atoms with Gasteiger partial charge in [0, 0.05) is 31.9 Å². The van der Waals surface area contributed by atoms with Crippen LogP contribution in [0, 0.1) is 13.8 Å². The summed E-state index contributed by atoms with van der Waals surface area (Å²) in [7, 11) is -3.42. The third kappa shape index (κ3) is 5.73. The smallest absolute Gasteiger partial charge is 0.246 e. The summed E-state index contributed by atoms with van der Waals surface area (Å²) in [6, 6.07) is 24.4. The highest BCUT2D eigenvalue weighted by Crippen LogP contribution is 2.26. The van der Waals surface area contributed by atoms with Crippen LogP contribution in [0.5, 0.6) is 0 Å². The Hall–Kier alpha value is -3.00. The zero-order valence-corrected chi connectivity index (χ0v) is 20.5. The molecular formula is C27H31N3O3S. The van der Waals surface area contributed by atoms with Gasteiger partial charge in [-0.05, 0) is 42.2 Å². The van der Waals surface area contributed by atoms with E-state index in [-0.39, 0.29) is 11.7 Å². The number of carbonyl (C=O) groups excluding carboxylic acids is 1. The second-order valence-corrected chi connectivity index (χ2v) is 10.8. The fourth-order valence-corrected chi connectivity index (χ4v) is 5.87. The maximum atomic E-state index is 13.5. The summed E-state index contributed by atoms with van der Waals surface area (Å²) < 4.78 is 27.5. The SMILES string of the molecule is Cc1ccc(C)c(NC(=O)[C@@H](c2ccccc2)N2CCN(S(=O)(=O)Cc3ccccc3)CC2)c1. The first-order valence-corrected chi connectivity index (χ1v) is 13.1. The van der Waals surface area contributed by atoms with Crippen molar-refractivity contribution in [3.63, 3.8) is 0 Å². The molecule has 0 saturated carbocycles. The van der Waals surface area contributed by atoms with E-state index in [1.165, 1.54) is 0 Å². The van der Waals surface area contributed by atoms with Crippen LogP contribution in [0.15, 0.2) is 78.9 Å². The Morgan fingerprint density at radius 1 is 0.882 bits per heavy atom. The van der Waals surface area contributed by atoms with E-state index in [1.54, 1.807) is 4.31 Å². The van der Waals surface area contributed by atoms with E-state index in [0.717, 1.165) is 27.9 Å². The Labute approximate surface area is 202 Å². The number of rotatable bonds is 7. The summed E-state index contributed by atoms with van der Waals surface area (Å²) >= 11 is 0. The largest absolute Gasteiger partial charge is 0.324 e. The Kier molecular flexibility index (Phi) is 7.46. The number of hydrogen-bond acceptors (Lipinski definition) is 4. The molecule has 6 nitrogen and oxygen atoms in total. The molecule has 1 aliphatic rings. The van der Waals surface area contributed by atoms with Crippen molar-refractivity contribution in [3.8, 4) is 0 Å². The number of aryl methyl sites for hydroxylation is 2. The van der Waals surface area contributed by atoms with Crippen LogP contribution in [-0.4, -0.2) is 49.7 Å². The van der Waals surface area contributed by atoms with Crippen molar-refractivity contribution in [2.24, 2.45) is 0 Å². The number of sulfonamides is 1. The van der Waals surface area contributed by atoms with Gasteiger partial charge >= 0.3 is 0 Å². The van der Waals surface area contributed by atoms with Gasteiger partial charge in [-0.25, -0.2) is 8.42 Å². The molecule has 1 aliphatic heterocycles. The molecule has 3 aromatic rings. The van der Waals surface area contributed by atoms with Gasteiger partial charge in [0.2, 0.25) is 15.9 Å². The van der Waals surface area contributed by atoms with Gasteiger partial charge in [-0.2, -0.15) is 4.31 Å². The number of nitrogens with one attached hydrogen (secondary N) is 1. The molecular weight excluding hydrogens is 446 g/mol. The first kappa shape index (κ1) is 24.1. The summed E-state index contributed by atoms with van der Waals surface area (Å²) in [5.41, 5.74) is 4.55. The van der Waals surface area contributed by atoms with Crippen molar-refractivity contribution in [3.05, 3.63) is 101 Å². The van der Waals surface area contributed by atoms with Crippen LogP contribution in [-0.2, 0) is 20.6 Å². The lowest BCUT2D eigenvalue weighted by Crippen LogP contribution is -2.51. The third-order valence-electron chi connectivity index (χ3n) is 6.24. The maximum absolute atomic E-state index is 13.5. The van der Waals surface area contributed by atoms with Crippen LogP contribution >= 0.6 is 0 Å². The molecule has 4 rings (SSSR count). The normalized spacial score (nSPS) is 16.2. The zero-order valence-electron chi connectivity index (χ0n) is 19.6. The number of carbonyl (C=O) groups is 1. The van der Waals surface area contributed by atoms with Crippen LogP contribution in [0.4, 0.5) is 5.69 Å². The van der Waals surface area contributed by atoms with Gasteiger partial charge < -0.3 is 5.32 Å². The van der Waals surface area contributed by atoms with Gasteiger partial charge in [0.25, 0.3) is 0 Å². The molecule has 3 aromatic carbocycles. The van der Waals surface area contributed by atoms with Gasteiger partial charge in [0.05, 0.1) is 5.75 Å². The van der Waals surface area contributed by atoms with E-state index in [2.05, 4.69) is 10.2 Å². The Balaban J connectivity index is 1.50. The molecule has 1 N–H and O–H groups in total. The summed E-state index contributed by atoms with van der Waals surface area (Å²) in [5, 5.41) is 3.11. The zero-order chi connectivity index (χ0) is 24.1. The molecule has 34 heavy (non-hydrogen) atoms. The number of nitrogens with zero attached hydrogens (tertiary/aromatic N) is 2. The minimum absolute atomic E-state index is 0.0108. The van der Waals surface area contributed by atoms with E-state index >= 15 is 0 Å². The van der Waals surface area contributed by atoms with Gasteiger partial charge in [-0.1, -0.05) is 72.8 Å². The molecule has 1 saturated heterocycles. The fraction of sp³-hybridized carbons (Fsp3) is 0.296. The second kappa shape index (κ2) is 10.5. The maximum Gasteiger partial charge on any atom is 0.246 e. The van der Waals surface area contributed by atoms with Crippen molar-refractivity contribution in [2.75, 3.05) is 31.5 Å². The first-order chi connectivity index (χ1) is 16.3. The van der Waals surface area contributed by atoms with Gasteiger partial charge in [0.15, 0.2) is 0 Å². The van der Waals surface area contributed by atoms with Crippen molar-refractivity contribution in [1.82, 2.24) is 9.21 Å². The molecule has 0 aliphatic carbocycles. The minimum atomic E-state index is -3.42. The number of piperazine rings is 1. The lowest BCUT2D eigenvalue weighted by molar-refractivity contribution is -0.122. The number of benzene rings is 3. The summed E-state index contributed by atoms with van der Waals surface area (Å²) in [4.78, 5) is 15.6. The Morgan fingerprint density at radius 3 is 2.15 bits per heavy atom. The van der Waals surface area contributed by atoms with Crippen molar-refractivity contribution >= 4 is 21.6 Å². The van der Waals surface area contributed by atoms with Crippen molar-refractivity contribution in [2.45, 2.75) is 25.6 Å². The molecule has 1 atom stereocenters. The monoisotopic (exact) mass is 477 g/mol. The van der Waals surface area contributed by atoms with Gasteiger partial charge in [-0.15, -0.1) is 0 Å². The molecule has 0 spiro atoms. The third-order valence-corrected chi connectivity index (χ3v) is 8.09. The summed E-state index contributed by atoms with van der Waals surface area (Å²) in [6.07, 6.45) is 0. The van der Waals surface area contributed by atoms with Crippen LogP contribution in [0.25, 0.3) is 0 Å². The molecule has 0 radical (unpaired) electrons. The molecule has 0 unspecified atom stereocenters. The quantitative estimate of drug-likeness (QED) is 0.556. The van der Waals surface area contributed by atoms with Crippen molar-refractivity contribution < 1.29 is 13.2 Å². The first-order valence-electron chi connectivity index (χ1n) is 11.5. The lowest BCUT2D eigenvalue weighted by Gasteiger charge is -2.38. The number of amides is 1. The molecule has 1 amide bonds. The second-order valence-electron chi connectivity index (χ2n) is 8.80. The van der Waals surface area contributed by atoms with E-state index in [0.29, 0.717) is 26.2 Å². The van der Waals surface area contributed by atoms with Crippen LogP contribution in [0.1, 0.15) is 28.3 Å². The van der Waals surface area contributed by atoms with E-state index in [9.17, 15) is 13.2 Å². The van der Waals surface area contributed by atoms with Crippen LogP contribution in [0.3, 0.4) is 0 Å². The average Bonchev–Trinajstić information content (AvgIpc) is 2.83. The van der Waals surface area contributed by atoms with Gasteiger partial charge in [-0.3, -0.25) is 9.69 Å². The fourth-order valence-electron chi connectivity index (χ4n) is 4.35. The molecule has 7 heteroatoms. The highest BCUT2D eigenvalue weighted by molar-refractivity contribution is 7.88. The molecule has 0 bridgehead atoms. The van der Waals surface area contributed by atoms with E-state index in [4.69, 9.17) is 0 Å². The average molecular weight is 478 g/mol. The van der Waals surface area contributed by atoms with Crippen LogP contribution in [0.2, 0.25) is 0 Å². The molecule has 0 aromatic heterocycles. The molecule has 1 heterocycles. The topological polar surface area (TPSA) is 69.7 Å². The van der Waals surface area contributed by atoms with Crippen molar-refractivity contribution in [1.29, 1.82) is 0 Å². The van der Waals surface area contributed by atoms with Crippen LogP contribution < -0.4 is 5.32 Å². The minimum Gasteiger partial charge on any atom is -0.324 e. The highest BCUT2D eigenvalue weighted by atomic mass is 32.2. The molecule has 1 fully saturated rings. The standard InChI is InChI=1S/C27H31N3O3S/c1-21-13-14-22(2)25(19-21)28-27(31)26(24-11-7-4-8-12-24)29-15-17-30(18-16-29)34(32,33)20-23-9-5-3-6-10-23/h3-14,19,26H,15-18,20H2,1-2H3,(H,28,31)/t26-/m1/s1. The number of anilines is 1. The number of hydrogen-bond donors (Lipinski definition) is 1. The Bertz CT molecular complexity index is 1220. The lowest BCUT2D eigenvalue weighted by atomic mass is 10.0. The summed E-state index contributed by atoms with van der Waals surface area (Å²) in [6.45, 7) is 5.65. The van der Waals surface area contributed by atoms with Gasteiger partial charge in [0.1, 0.15) is 6.04 Å². The Morgan fingerprint density at radius 2 is 1.50 bits per heavy atom. The van der Waals surface area contributed by atoms with E-state index < -0.39 is 16.1 Å². The summed E-state index contributed by atoms with van der Waals surface area (Å²) in [5.74, 6) is -0.121. The highest BCUT2D eigenvalue weighted by Gasteiger charge is 2.34. The predicted molar refractivity (Wildman–Crippen MR) is 136 cm³/mol.